The zero-order chi connectivity index (χ0) is 11.8. The lowest BCUT2D eigenvalue weighted by molar-refractivity contribution is 0.0612. The van der Waals surface area contributed by atoms with Gasteiger partial charge in [0.2, 0.25) is 0 Å². The van der Waals surface area contributed by atoms with Gasteiger partial charge in [-0.25, -0.2) is 0 Å². The molecule has 1 aliphatic rings. The van der Waals surface area contributed by atoms with E-state index in [9.17, 15) is 4.21 Å². The molecule has 96 valence electrons. The molecule has 16 heavy (non-hydrogen) atoms. The van der Waals surface area contributed by atoms with Gasteiger partial charge in [0.05, 0.1) is 0 Å². The summed E-state index contributed by atoms with van der Waals surface area (Å²) in [6, 6.07) is 0.577. The van der Waals surface area contributed by atoms with Crippen molar-refractivity contribution >= 4 is 10.8 Å². The summed E-state index contributed by atoms with van der Waals surface area (Å²) in [5.41, 5.74) is 0. The zero-order valence-corrected chi connectivity index (χ0v) is 11.4. The van der Waals surface area contributed by atoms with Gasteiger partial charge in [-0.3, -0.25) is 4.21 Å². The van der Waals surface area contributed by atoms with Crippen molar-refractivity contribution in [3.05, 3.63) is 0 Å². The minimum Gasteiger partial charge on any atom is -0.381 e. The number of rotatable bonds is 7. The number of hydrogen-bond acceptors (Lipinski definition) is 3. The van der Waals surface area contributed by atoms with E-state index in [4.69, 9.17) is 4.74 Å². The van der Waals surface area contributed by atoms with Gasteiger partial charge < -0.3 is 10.1 Å². The summed E-state index contributed by atoms with van der Waals surface area (Å²) < 4.78 is 16.2. The van der Waals surface area contributed by atoms with Gasteiger partial charge in [0, 0.05) is 42.1 Å². The van der Waals surface area contributed by atoms with Crippen LogP contribution in [0.4, 0.5) is 0 Å². The van der Waals surface area contributed by atoms with Crippen molar-refractivity contribution in [1.29, 1.82) is 0 Å². The van der Waals surface area contributed by atoms with Crippen molar-refractivity contribution in [3.8, 4) is 0 Å². The fourth-order valence-corrected chi connectivity index (χ4v) is 2.74. The summed E-state index contributed by atoms with van der Waals surface area (Å²) in [6.07, 6.45) is 6.46. The molecule has 0 saturated carbocycles. The summed E-state index contributed by atoms with van der Waals surface area (Å²) in [5, 5.41) is 3.51. The molecule has 0 amide bonds. The Morgan fingerprint density at radius 2 is 2.12 bits per heavy atom. The van der Waals surface area contributed by atoms with Gasteiger partial charge in [-0.15, -0.1) is 0 Å². The second kappa shape index (κ2) is 8.20. The van der Waals surface area contributed by atoms with Crippen molar-refractivity contribution < 1.29 is 8.95 Å². The van der Waals surface area contributed by atoms with E-state index in [1.54, 1.807) is 6.26 Å². The summed E-state index contributed by atoms with van der Waals surface area (Å²) >= 11 is 0. The molecule has 4 heteroatoms. The standard InChI is InChI=1S/C12H25NO2S/c1-11(13-6-3-9-16(2)14)10-12-4-7-15-8-5-12/h11-13H,3-10H2,1-2H3. The van der Waals surface area contributed by atoms with E-state index in [1.807, 2.05) is 0 Å². The van der Waals surface area contributed by atoms with Crippen LogP contribution in [-0.4, -0.2) is 42.0 Å². The van der Waals surface area contributed by atoms with Crippen molar-refractivity contribution in [1.82, 2.24) is 5.32 Å². The fourth-order valence-electron chi connectivity index (χ4n) is 2.19. The summed E-state index contributed by atoms with van der Waals surface area (Å²) in [6.45, 7) is 5.11. The average molecular weight is 247 g/mol. The van der Waals surface area contributed by atoms with E-state index in [1.165, 1.54) is 19.3 Å². The van der Waals surface area contributed by atoms with E-state index in [0.717, 1.165) is 37.9 Å². The highest BCUT2D eigenvalue weighted by atomic mass is 32.2. The van der Waals surface area contributed by atoms with Gasteiger partial charge in [-0.1, -0.05) is 0 Å². The molecule has 1 N–H and O–H groups in total. The lowest BCUT2D eigenvalue weighted by atomic mass is 9.93. The van der Waals surface area contributed by atoms with Crippen LogP contribution in [0.3, 0.4) is 0 Å². The number of hydrogen-bond donors (Lipinski definition) is 1. The van der Waals surface area contributed by atoms with Gasteiger partial charge in [0.1, 0.15) is 0 Å². The Labute approximate surface area is 102 Å². The predicted octanol–water partition coefficient (Wildman–Crippen LogP) is 1.55. The molecular weight excluding hydrogens is 222 g/mol. The van der Waals surface area contributed by atoms with Crippen molar-refractivity contribution in [2.75, 3.05) is 31.8 Å². The van der Waals surface area contributed by atoms with Gasteiger partial charge in [-0.2, -0.15) is 0 Å². The predicted molar refractivity (Wildman–Crippen MR) is 69.2 cm³/mol. The molecule has 1 fully saturated rings. The average Bonchev–Trinajstić information content (AvgIpc) is 2.25. The first-order chi connectivity index (χ1) is 7.68. The Kier molecular flexibility index (Phi) is 7.25. The normalized spacial score (nSPS) is 21.9. The smallest absolute Gasteiger partial charge is 0.0468 e. The van der Waals surface area contributed by atoms with Gasteiger partial charge in [0.25, 0.3) is 0 Å². The van der Waals surface area contributed by atoms with Crippen LogP contribution in [0.5, 0.6) is 0 Å². The SMILES string of the molecule is CC(CC1CCOCC1)NCCCS(C)=O. The van der Waals surface area contributed by atoms with E-state index >= 15 is 0 Å². The van der Waals surface area contributed by atoms with E-state index in [-0.39, 0.29) is 0 Å². The molecule has 0 aromatic carbocycles. The number of nitrogens with one attached hydrogen (secondary N) is 1. The van der Waals surface area contributed by atoms with Crippen LogP contribution in [-0.2, 0) is 15.5 Å². The molecule has 0 spiro atoms. The minimum atomic E-state index is -0.643. The van der Waals surface area contributed by atoms with Crippen molar-refractivity contribution in [3.63, 3.8) is 0 Å². The molecule has 2 unspecified atom stereocenters. The van der Waals surface area contributed by atoms with Crippen molar-refractivity contribution in [2.45, 2.75) is 38.6 Å². The minimum absolute atomic E-state index is 0.577. The van der Waals surface area contributed by atoms with Gasteiger partial charge in [-0.05, 0) is 45.1 Å². The van der Waals surface area contributed by atoms with Crippen LogP contribution >= 0.6 is 0 Å². The third-order valence-electron chi connectivity index (χ3n) is 3.13. The molecule has 0 aromatic rings. The van der Waals surface area contributed by atoms with E-state index in [0.29, 0.717) is 6.04 Å². The van der Waals surface area contributed by atoms with Gasteiger partial charge >= 0.3 is 0 Å². The monoisotopic (exact) mass is 247 g/mol. The quantitative estimate of drug-likeness (QED) is 0.694. The van der Waals surface area contributed by atoms with Crippen LogP contribution in [0, 0.1) is 5.92 Å². The molecule has 1 saturated heterocycles. The maximum absolute atomic E-state index is 10.9. The van der Waals surface area contributed by atoms with Gasteiger partial charge in [0.15, 0.2) is 0 Å². The molecule has 0 aromatic heterocycles. The molecule has 1 aliphatic heterocycles. The largest absolute Gasteiger partial charge is 0.381 e. The Hall–Kier alpha value is 0.0700. The highest BCUT2D eigenvalue weighted by Crippen LogP contribution is 2.19. The molecule has 3 nitrogen and oxygen atoms in total. The number of ether oxygens (including phenoxy) is 1. The first kappa shape index (κ1) is 14.1. The third kappa shape index (κ3) is 6.61. The van der Waals surface area contributed by atoms with Crippen LogP contribution in [0.1, 0.15) is 32.6 Å². The van der Waals surface area contributed by atoms with Crippen LogP contribution in [0.25, 0.3) is 0 Å². The third-order valence-corrected chi connectivity index (χ3v) is 3.99. The van der Waals surface area contributed by atoms with Crippen LogP contribution in [0.15, 0.2) is 0 Å². The maximum Gasteiger partial charge on any atom is 0.0468 e. The summed E-state index contributed by atoms with van der Waals surface area (Å²) in [7, 11) is -0.643. The first-order valence-corrected chi connectivity index (χ1v) is 8.02. The summed E-state index contributed by atoms with van der Waals surface area (Å²) in [4.78, 5) is 0. The Morgan fingerprint density at radius 3 is 2.75 bits per heavy atom. The molecule has 1 heterocycles. The fraction of sp³-hybridized carbons (Fsp3) is 1.00. The topological polar surface area (TPSA) is 38.3 Å². The lowest BCUT2D eigenvalue weighted by Crippen LogP contribution is -2.31. The van der Waals surface area contributed by atoms with Crippen LogP contribution < -0.4 is 5.32 Å². The molecule has 0 aliphatic carbocycles. The lowest BCUT2D eigenvalue weighted by Gasteiger charge is -2.25. The van der Waals surface area contributed by atoms with Crippen LogP contribution in [0.2, 0.25) is 0 Å². The van der Waals surface area contributed by atoms with Crippen molar-refractivity contribution in [2.24, 2.45) is 5.92 Å². The first-order valence-electron chi connectivity index (χ1n) is 6.29. The highest BCUT2D eigenvalue weighted by molar-refractivity contribution is 7.84. The molecule has 0 bridgehead atoms. The Bertz CT molecular complexity index is 205. The molecule has 2 atom stereocenters. The molecular formula is C12H25NO2S. The van der Waals surface area contributed by atoms with E-state index < -0.39 is 10.8 Å². The zero-order valence-electron chi connectivity index (χ0n) is 10.5. The maximum atomic E-state index is 10.9. The highest BCUT2D eigenvalue weighted by Gasteiger charge is 2.16. The molecule has 0 radical (unpaired) electrons. The molecule has 1 rings (SSSR count). The Balaban J connectivity index is 2.01. The summed E-state index contributed by atoms with van der Waals surface area (Å²) in [5.74, 6) is 1.65. The Morgan fingerprint density at radius 1 is 1.44 bits per heavy atom. The second-order valence-corrected chi connectivity index (χ2v) is 6.33. The van der Waals surface area contributed by atoms with E-state index in [2.05, 4.69) is 12.2 Å². The second-order valence-electron chi connectivity index (χ2n) is 4.78.